The molecule has 2 bridgehead atoms. The van der Waals surface area contributed by atoms with Crippen molar-refractivity contribution in [2.75, 3.05) is 5.32 Å². The van der Waals surface area contributed by atoms with Crippen LogP contribution in [0.15, 0.2) is 0 Å². The fourth-order valence-corrected chi connectivity index (χ4v) is 6.64. The van der Waals surface area contributed by atoms with Crippen LogP contribution >= 0.6 is 11.3 Å². The fraction of sp³-hybridized carbons (Fsp3) is 0.667. The van der Waals surface area contributed by atoms with E-state index in [4.69, 9.17) is 4.74 Å². The lowest BCUT2D eigenvalue weighted by molar-refractivity contribution is -0.148. The first-order chi connectivity index (χ1) is 13.4. The average Bonchev–Trinajstić information content (AvgIpc) is 3.32. The van der Waals surface area contributed by atoms with Gasteiger partial charge in [0.25, 0.3) is 0 Å². The van der Waals surface area contributed by atoms with E-state index in [1.54, 1.807) is 0 Å². The third-order valence-corrected chi connectivity index (χ3v) is 7.67. The zero-order valence-electron chi connectivity index (χ0n) is 16.3. The molecule has 4 atom stereocenters. The molecule has 1 aromatic rings. The maximum absolute atomic E-state index is 13.1. The SMILES string of the molecule is CC(C)OC(=O)c1c(NC(=O)[C@H]2[C@H]3CC[C@@H](C3)[C@@H]2C(=O)O)sc2c1CCCC2. The van der Waals surface area contributed by atoms with Crippen molar-refractivity contribution < 1.29 is 24.2 Å². The Morgan fingerprint density at radius 2 is 1.79 bits per heavy atom. The molecule has 0 saturated heterocycles. The number of thiophene rings is 1. The molecule has 0 spiro atoms. The van der Waals surface area contributed by atoms with E-state index in [1.165, 1.54) is 11.3 Å². The molecule has 2 saturated carbocycles. The number of carbonyl (C=O) groups excluding carboxylic acids is 2. The van der Waals surface area contributed by atoms with Crippen molar-refractivity contribution in [3.05, 3.63) is 16.0 Å². The summed E-state index contributed by atoms with van der Waals surface area (Å²) in [5.74, 6) is -2.42. The van der Waals surface area contributed by atoms with E-state index in [1.807, 2.05) is 13.8 Å². The first-order valence-corrected chi connectivity index (χ1v) is 11.1. The Bertz CT molecular complexity index is 814. The summed E-state index contributed by atoms with van der Waals surface area (Å²) in [4.78, 5) is 38.8. The number of rotatable bonds is 5. The first kappa shape index (κ1) is 19.4. The molecule has 4 rings (SSSR count). The molecular formula is C21H27NO5S. The van der Waals surface area contributed by atoms with Crippen LogP contribution in [0.5, 0.6) is 0 Å². The van der Waals surface area contributed by atoms with Crippen molar-refractivity contribution >= 4 is 34.2 Å². The Labute approximate surface area is 168 Å². The van der Waals surface area contributed by atoms with E-state index in [0.717, 1.165) is 55.4 Å². The smallest absolute Gasteiger partial charge is 0.341 e. The monoisotopic (exact) mass is 405 g/mol. The van der Waals surface area contributed by atoms with E-state index < -0.39 is 23.8 Å². The van der Waals surface area contributed by atoms with Gasteiger partial charge in [-0.1, -0.05) is 0 Å². The van der Waals surface area contributed by atoms with Gasteiger partial charge < -0.3 is 15.2 Å². The van der Waals surface area contributed by atoms with Crippen molar-refractivity contribution in [3.8, 4) is 0 Å². The standard InChI is InChI=1S/C21H27NO5S/c1-10(2)27-21(26)17-13-5-3-4-6-14(13)28-19(17)22-18(23)15-11-7-8-12(9-11)16(15)20(24)25/h10-12,15-16H,3-9H2,1-2H3,(H,22,23)(H,24,25)/t11-,12-,15-,16-/m0/s1. The van der Waals surface area contributed by atoms with E-state index in [2.05, 4.69) is 5.32 Å². The summed E-state index contributed by atoms with van der Waals surface area (Å²) in [6.45, 7) is 3.61. The zero-order chi connectivity index (χ0) is 20.0. The van der Waals surface area contributed by atoms with Gasteiger partial charge in [0.1, 0.15) is 5.00 Å². The van der Waals surface area contributed by atoms with Crippen LogP contribution in [0.25, 0.3) is 0 Å². The lowest BCUT2D eigenvalue weighted by Crippen LogP contribution is -2.38. The van der Waals surface area contributed by atoms with Crippen LogP contribution in [0, 0.1) is 23.7 Å². The van der Waals surface area contributed by atoms with Crippen LogP contribution in [0.2, 0.25) is 0 Å². The molecule has 1 aromatic heterocycles. The Balaban J connectivity index is 1.62. The molecular weight excluding hydrogens is 378 g/mol. The second-order valence-corrected chi connectivity index (χ2v) is 9.69. The highest BCUT2D eigenvalue weighted by Crippen LogP contribution is 2.53. The Morgan fingerprint density at radius 3 is 2.46 bits per heavy atom. The van der Waals surface area contributed by atoms with Gasteiger partial charge in [-0.2, -0.15) is 0 Å². The van der Waals surface area contributed by atoms with E-state index in [-0.39, 0.29) is 23.8 Å². The van der Waals surface area contributed by atoms with Gasteiger partial charge in [-0.3, -0.25) is 9.59 Å². The lowest BCUT2D eigenvalue weighted by atomic mass is 9.78. The van der Waals surface area contributed by atoms with Crippen molar-refractivity contribution in [2.45, 2.75) is 64.9 Å². The molecule has 0 radical (unpaired) electrons. The number of carboxylic acid groups (broad SMARTS) is 1. The molecule has 0 unspecified atom stereocenters. The van der Waals surface area contributed by atoms with E-state index in [0.29, 0.717) is 10.6 Å². The van der Waals surface area contributed by atoms with E-state index >= 15 is 0 Å². The number of carbonyl (C=O) groups is 3. The van der Waals surface area contributed by atoms with Crippen LogP contribution in [0.1, 0.15) is 66.8 Å². The molecule has 1 heterocycles. The molecule has 6 nitrogen and oxygen atoms in total. The minimum Gasteiger partial charge on any atom is -0.481 e. The van der Waals surface area contributed by atoms with Crippen molar-refractivity contribution in [1.29, 1.82) is 0 Å². The number of nitrogens with one attached hydrogen (secondary N) is 1. The normalized spacial score (nSPS) is 28.2. The predicted octanol–water partition coefficient (Wildman–Crippen LogP) is 3.88. The molecule has 3 aliphatic carbocycles. The fourth-order valence-electron chi connectivity index (χ4n) is 5.36. The Hall–Kier alpha value is -1.89. The van der Waals surface area contributed by atoms with E-state index in [9.17, 15) is 19.5 Å². The molecule has 2 N–H and O–H groups in total. The summed E-state index contributed by atoms with van der Waals surface area (Å²) in [6.07, 6.45) is 6.20. The van der Waals surface area contributed by atoms with Gasteiger partial charge in [-0.15, -0.1) is 11.3 Å². The van der Waals surface area contributed by atoms with Gasteiger partial charge in [0.2, 0.25) is 5.91 Å². The number of hydrogen-bond donors (Lipinski definition) is 2. The average molecular weight is 406 g/mol. The summed E-state index contributed by atoms with van der Waals surface area (Å²) in [6, 6.07) is 0. The van der Waals surface area contributed by atoms with Gasteiger partial charge in [-0.25, -0.2) is 4.79 Å². The first-order valence-electron chi connectivity index (χ1n) is 10.3. The molecule has 28 heavy (non-hydrogen) atoms. The second kappa shape index (κ2) is 7.50. The Kier molecular flexibility index (Phi) is 5.21. The van der Waals surface area contributed by atoms with Gasteiger partial charge >= 0.3 is 11.9 Å². The number of carboxylic acids is 1. The minimum absolute atomic E-state index is 0.0974. The number of anilines is 1. The van der Waals surface area contributed by atoms with Crippen LogP contribution in [-0.2, 0) is 27.2 Å². The number of amides is 1. The number of esters is 1. The van der Waals surface area contributed by atoms with Crippen molar-refractivity contribution in [3.63, 3.8) is 0 Å². The molecule has 1 amide bonds. The topological polar surface area (TPSA) is 92.7 Å². The molecule has 7 heteroatoms. The van der Waals surface area contributed by atoms with Crippen LogP contribution in [0.4, 0.5) is 5.00 Å². The maximum Gasteiger partial charge on any atom is 0.341 e. The largest absolute Gasteiger partial charge is 0.481 e. The van der Waals surface area contributed by atoms with Crippen molar-refractivity contribution in [1.82, 2.24) is 0 Å². The number of hydrogen-bond acceptors (Lipinski definition) is 5. The van der Waals surface area contributed by atoms with Gasteiger partial charge in [0.05, 0.1) is 23.5 Å². The summed E-state index contributed by atoms with van der Waals surface area (Å²) >= 11 is 1.45. The highest BCUT2D eigenvalue weighted by atomic mass is 32.1. The molecule has 0 aromatic carbocycles. The maximum atomic E-state index is 13.1. The molecule has 3 aliphatic rings. The number of fused-ring (bicyclic) bond motifs is 3. The Morgan fingerprint density at radius 1 is 1.11 bits per heavy atom. The third-order valence-electron chi connectivity index (χ3n) is 6.46. The molecule has 0 aliphatic heterocycles. The zero-order valence-corrected chi connectivity index (χ0v) is 17.1. The van der Waals surface area contributed by atoms with Crippen LogP contribution in [-0.4, -0.2) is 29.1 Å². The highest BCUT2D eigenvalue weighted by molar-refractivity contribution is 7.17. The molecule has 2 fully saturated rings. The quantitative estimate of drug-likeness (QED) is 0.725. The minimum atomic E-state index is -0.878. The summed E-state index contributed by atoms with van der Waals surface area (Å²) < 4.78 is 5.44. The van der Waals surface area contributed by atoms with Crippen LogP contribution in [0.3, 0.4) is 0 Å². The second-order valence-electron chi connectivity index (χ2n) is 8.58. The van der Waals surface area contributed by atoms with Gasteiger partial charge in [-0.05, 0) is 76.2 Å². The summed E-state index contributed by atoms with van der Waals surface area (Å²) in [5.41, 5.74) is 1.48. The summed E-state index contributed by atoms with van der Waals surface area (Å²) in [7, 11) is 0. The number of aryl methyl sites for hydroxylation is 1. The third kappa shape index (κ3) is 3.34. The predicted molar refractivity (Wildman–Crippen MR) is 106 cm³/mol. The van der Waals surface area contributed by atoms with Gasteiger partial charge in [0.15, 0.2) is 0 Å². The van der Waals surface area contributed by atoms with Crippen LogP contribution < -0.4 is 5.32 Å². The number of ether oxygens (including phenoxy) is 1. The molecule has 152 valence electrons. The summed E-state index contributed by atoms with van der Waals surface area (Å²) in [5, 5.41) is 13.1. The van der Waals surface area contributed by atoms with Gasteiger partial charge in [0, 0.05) is 4.88 Å². The number of aliphatic carboxylic acids is 1. The lowest BCUT2D eigenvalue weighted by Gasteiger charge is -2.27. The highest BCUT2D eigenvalue weighted by Gasteiger charge is 2.54. The van der Waals surface area contributed by atoms with Crippen molar-refractivity contribution in [2.24, 2.45) is 23.7 Å².